The molecule has 2 atom stereocenters. The third-order valence-electron chi connectivity index (χ3n) is 3.06. The molecular formula is C13H20N2O4S. The van der Waals surface area contributed by atoms with Crippen LogP contribution in [0.5, 0.6) is 0 Å². The van der Waals surface area contributed by atoms with E-state index >= 15 is 0 Å². The number of hydrogen-bond donors (Lipinski definition) is 1. The van der Waals surface area contributed by atoms with Gasteiger partial charge < -0.3 is 5.32 Å². The van der Waals surface area contributed by atoms with Crippen LogP contribution in [0.3, 0.4) is 0 Å². The molecular weight excluding hydrogens is 280 g/mol. The second-order valence-electron chi connectivity index (χ2n) is 5.06. The lowest BCUT2D eigenvalue weighted by Gasteiger charge is -2.20. The van der Waals surface area contributed by atoms with E-state index in [1.54, 1.807) is 12.1 Å². The summed E-state index contributed by atoms with van der Waals surface area (Å²) in [6, 6.07) is 6.40. The lowest BCUT2D eigenvalue weighted by atomic mass is 10.1. The van der Waals surface area contributed by atoms with Crippen molar-refractivity contribution in [1.29, 1.82) is 0 Å². The highest BCUT2D eigenvalue weighted by Gasteiger charge is 2.13. The molecule has 0 saturated carbocycles. The first kappa shape index (κ1) is 16.6. The van der Waals surface area contributed by atoms with Crippen molar-refractivity contribution in [2.24, 2.45) is 0 Å². The number of rotatable bonds is 7. The zero-order chi connectivity index (χ0) is 15.3. The molecule has 1 aromatic rings. The van der Waals surface area contributed by atoms with Crippen molar-refractivity contribution in [3.8, 4) is 0 Å². The molecule has 6 nitrogen and oxygen atoms in total. The molecule has 0 aliphatic carbocycles. The van der Waals surface area contributed by atoms with Gasteiger partial charge in [0, 0.05) is 30.5 Å². The Morgan fingerprint density at radius 3 is 2.25 bits per heavy atom. The van der Waals surface area contributed by atoms with Crippen LogP contribution in [0.15, 0.2) is 24.3 Å². The van der Waals surface area contributed by atoms with Gasteiger partial charge >= 0.3 is 0 Å². The molecule has 0 saturated heterocycles. The largest absolute Gasteiger partial charge is 0.308 e. The number of hydrogen-bond acceptors (Lipinski definition) is 5. The van der Waals surface area contributed by atoms with Crippen LogP contribution in [0, 0.1) is 10.1 Å². The van der Waals surface area contributed by atoms with E-state index in [4.69, 9.17) is 0 Å². The van der Waals surface area contributed by atoms with Gasteiger partial charge in [0.05, 0.1) is 10.7 Å². The van der Waals surface area contributed by atoms with Crippen molar-refractivity contribution in [3.05, 3.63) is 39.9 Å². The van der Waals surface area contributed by atoms with Crippen LogP contribution in [0.2, 0.25) is 0 Å². The van der Waals surface area contributed by atoms with Crippen LogP contribution < -0.4 is 5.32 Å². The molecule has 0 aliphatic rings. The Labute approximate surface area is 119 Å². The Bertz CT molecular complexity index is 554. The van der Waals surface area contributed by atoms with Gasteiger partial charge in [-0.1, -0.05) is 12.1 Å². The van der Waals surface area contributed by atoms with Crippen LogP contribution in [0.4, 0.5) is 5.69 Å². The average molecular weight is 300 g/mol. The van der Waals surface area contributed by atoms with Gasteiger partial charge in [0.25, 0.3) is 5.69 Å². The molecule has 0 fully saturated rings. The van der Waals surface area contributed by atoms with Crippen LogP contribution >= 0.6 is 0 Å². The zero-order valence-electron chi connectivity index (χ0n) is 11.9. The number of benzene rings is 1. The summed E-state index contributed by atoms with van der Waals surface area (Å²) in [4.78, 5) is 10.1. The number of nitro groups is 1. The van der Waals surface area contributed by atoms with Crippen LogP contribution in [0.25, 0.3) is 0 Å². The first-order valence-electron chi connectivity index (χ1n) is 6.37. The third kappa shape index (κ3) is 5.66. The summed E-state index contributed by atoms with van der Waals surface area (Å²) >= 11 is 0. The average Bonchev–Trinajstić information content (AvgIpc) is 2.35. The molecule has 1 rings (SSSR count). The zero-order valence-corrected chi connectivity index (χ0v) is 12.7. The molecule has 7 heteroatoms. The van der Waals surface area contributed by atoms with Gasteiger partial charge in [-0.05, 0) is 25.8 Å². The maximum atomic E-state index is 11.1. The molecule has 0 amide bonds. The van der Waals surface area contributed by atoms with E-state index < -0.39 is 14.8 Å². The normalized spacial score (nSPS) is 14.8. The van der Waals surface area contributed by atoms with Crippen molar-refractivity contribution in [2.45, 2.75) is 32.4 Å². The summed E-state index contributed by atoms with van der Waals surface area (Å²) in [6.45, 7) is 3.87. The molecule has 0 unspecified atom stereocenters. The summed E-state index contributed by atoms with van der Waals surface area (Å²) < 4.78 is 22.2. The minimum absolute atomic E-state index is 0.00497. The number of sulfone groups is 1. The van der Waals surface area contributed by atoms with Crippen molar-refractivity contribution in [1.82, 2.24) is 5.32 Å². The van der Waals surface area contributed by atoms with Gasteiger partial charge in [-0.25, -0.2) is 8.42 Å². The molecule has 0 heterocycles. The van der Waals surface area contributed by atoms with Crippen molar-refractivity contribution < 1.29 is 13.3 Å². The predicted molar refractivity (Wildman–Crippen MR) is 78.4 cm³/mol. The summed E-state index contributed by atoms with van der Waals surface area (Å²) in [5.41, 5.74) is 0.993. The van der Waals surface area contributed by atoms with Crippen molar-refractivity contribution in [3.63, 3.8) is 0 Å². The second-order valence-corrected chi connectivity index (χ2v) is 7.32. The van der Waals surface area contributed by atoms with E-state index in [0.717, 1.165) is 5.56 Å². The van der Waals surface area contributed by atoms with Gasteiger partial charge in [0.2, 0.25) is 0 Å². The SMILES string of the molecule is C[C@H](CCS(C)(=O)=O)N[C@@H](C)c1ccc([N+](=O)[O-])cc1. The highest BCUT2D eigenvalue weighted by molar-refractivity contribution is 7.90. The fourth-order valence-electron chi connectivity index (χ4n) is 1.88. The molecule has 20 heavy (non-hydrogen) atoms. The van der Waals surface area contributed by atoms with E-state index in [1.807, 2.05) is 13.8 Å². The summed E-state index contributed by atoms with van der Waals surface area (Å²) in [5, 5.41) is 13.9. The highest BCUT2D eigenvalue weighted by Crippen LogP contribution is 2.18. The number of nitro benzene ring substituents is 1. The van der Waals surface area contributed by atoms with E-state index in [0.29, 0.717) is 6.42 Å². The van der Waals surface area contributed by atoms with E-state index in [2.05, 4.69) is 5.32 Å². The fourth-order valence-corrected chi connectivity index (χ4v) is 2.66. The number of nitrogens with one attached hydrogen (secondary N) is 1. The molecule has 112 valence electrons. The lowest BCUT2D eigenvalue weighted by Crippen LogP contribution is -2.30. The molecule has 0 aliphatic heterocycles. The van der Waals surface area contributed by atoms with Crippen LogP contribution in [-0.2, 0) is 9.84 Å². The number of non-ortho nitro benzene ring substituents is 1. The fraction of sp³-hybridized carbons (Fsp3) is 0.538. The quantitative estimate of drug-likeness (QED) is 0.615. The maximum Gasteiger partial charge on any atom is 0.269 e. The van der Waals surface area contributed by atoms with Gasteiger partial charge in [-0.2, -0.15) is 0 Å². The molecule has 1 aromatic carbocycles. The lowest BCUT2D eigenvalue weighted by molar-refractivity contribution is -0.384. The van der Waals surface area contributed by atoms with Crippen molar-refractivity contribution >= 4 is 15.5 Å². The molecule has 0 radical (unpaired) electrons. The van der Waals surface area contributed by atoms with E-state index in [1.165, 1.54) is 18.4 Å². The molecule has 0 aromatic heterocycles. The Morgan fingerprint density at radius 2 is 1.80 bits per heavy atom. The Morgan fingerprint density at radius 1 is 1.25 bits per heavy atom. The topological polar surface area (TPSA) is 89.3 Å². The molecule has 0 spiro atoms. The first-order valence-corrected chi connectivity index (χ1v) is 8.43. The first-order chi connectivity index (χ1) is 9.19. The van der Waals surface area contributed by atoms with Gasteiger partial charge in [0.15, 0.2) is 0 Å². The minimum atomic E-state index is -2.95. The Kier molecular flexibility index (Phi) is 5.64. The molecule has 1 N–H and O–H groups in total. The molecule has 0 bridgehead atoms. The number of nitrogens with zero attached hydrogens (tertiary/aromatic N) is 1. The van der Waals surface area contributed by atoms with Crippen molar-refractivity contribution in [2.75, 3.05) is 12.0 Å². The smallest absolute Gasteiger partial charge is 0.269 e. The van der Waals surface area contributed by atoms with Gasteiger partial charge in [0.1, 0.15) is 9.84 Å². The standard InChI is InChI=1S/C13H20N2O4S/c1-10(8-9-20(3,18)19)14-11(2)12-4-6-13(7-5-12)15(16)17/h4-7,10-11,14H,8-9H2,1-3H3/t10-,11+/m1/s1. The van der Waals surface area contributed by atoms with Gasteiger partial charge in [-0.3, -0.25) is 10.1 Å². The minimum Gasteiger partial charge on any atom is -0.308 e. The van der Waals surface area contributed by atoms with Crippen LogP contribution in [0.1, 0.15) is 31.9 Å². The highest BCUT2D eigenvalue weighted by atomic mass is 32.2. The Hall–Kier alpha value is -1.47. The maximum absolute atomic E-state index is 11.1. The summed E-state index contributed by atoms with van der Waals surface area (Å²) in [5.74, 6) is 0.147. The van der Waals surface area contributed by atoms with Crippen LogP contribution in [-0.4, -0.2) is 31.4 Å². The third-order valence-corrected chi connectivity index (χ3v) is 4.04. The predicted octanol–water partition coefficient (Wildman–Crippen LogP) is 2.07. The van der Waals surface area contributed by atoms with E-state index in [-0.39, 0.29) is 23.5 Å². The van der Waals surface area contributed by atoms with Gasteiger partial charge in [-0.15, -0.1) is 0 Å². The summed E-state index contributed by atoms with van der Waals surface area (Å²) in [7, 11) is -2.95. The summed E-state index contributed by atoms with van der Waals surface area (Å²) in [6.07, 6.45) is 1.76. The second kappa shape index (κ2) is 6.81. The van der Waals surface area contributed by atoms with E-state index in [9.17, 15) is 18.5 Å². The Balaban J connectivity index is 2.57. The monoisotopic (exact) mass is 300 g/mol.